The number of oxazole rings is 1. The summed E-state index contributed by atoms with van der Waals surface area (Å²) in [4.78, 5) is 34.6. The molecule has 0 saturated heterocycles. The number of nitrogens with zero attached hydrogens (tertiary/aromatic N) is 3. The maximum Gasteiger partial charge on any atom is 0.493 e. The molecule has 0 aliphatic carbocycles. The smallest absolute Gasteiger partial charge is 0.493 e. The number of hydrogen-bond donors (Lipinski definition) is 2. The zero-order chi connectivity index (χ0) is 27.1. The molecule has 0 unspecified atom stereocenters. The molecule has 10 nitrogen and oxygen atoms in total. The molecule has 4 rings (SSSR count). The molecule has 0 radical (unpaired) electrons. The summed E-state index contributed by atoms with van der Waals surface area (Å²) in [6.07, 6.45) is -4.71. The van der Waals surface area contributed by atoms with Crippen molar-refractivity contribution >= 4 is 40.2 Å². The molecule has 16 heteroatoms. The highest BCUT2D eigenvalue weighted by Crippen LogP contribution is 2.29. The number of aryl methyl sites for hydroxylation is 1. The van der Waals surface area contributed by atoms with Crippen molar-refractivity contribution in [2.45, 2.75) is 13.1 Å². The van der Waals surface area contributed by atoms with Crippen LogP contribution in [0.15, 0.2) is 39.7 Å². The second kappa shape index (κ2) is 9.36. The number of carbonyl (C=O) groups is 1. The molecule has 194 valence electrons. The fraction of sp³-hybridized carbons (Fsp3) is 0.143. The molecular weight excluding hydrogens is 516 g/mol. The zero-order valence-corrected chi connectivity index (χ0v) is 18.5. The molecule has 0 saturated carbocycles. The first-order valence-corrected chi connectivity index (χ1v) is 9.92. The highest BCUT2D eigenvalue weighted by molar-refractivity contribution is 5.81. The molecule has 0 atom stereocenters. The molecule has 2 aromatic carbocycles. The average molecular weight is 529 g/mol. The minimum absolute atomic E-state index is 0.0795. The van der Waals surface area contributed by atoms with E-state index in [0.717, 1.165) is 18.3 Å². The Bertz CT molecular complexity index is 1580. The van der Waals surface area contributed by atoms with Gasteiger partial charge in [0.1, 0.15) is 5.52 Å². The molecule has 0 spiro atoms. The molecular formula is C21H13F6N5O5. The van der Waals surface area contributed by atoms with Crippen molar-refractivity contribution in [3.8, 4) is 5.75 Å². The first kappa shape index (κ1) is 25.3. The molecule has 0 aliphatic rings. The molecule has 0 fully saturated rings. The lowest BCUT2D eigenvalue weighted by molar-refractivity contribution is -0.200. The van der Waals surface area contributed by atoms with Crippen LogP contribution >= 0.6 is 0 Å². The Morgan fingerprint density at radius 3 is 2.43 bits per heavy atom. The van der Waals surface area contributed by atoms with Crippen LogP contribution in [0.5, 0.6) is 5.75 Å². The lowest BCUT2D eigenvalue weighted by atomic mass is 10.2. The van der Waals surface area contributed by atoms with Crippen molar-refractivity contribution in [2.75, 3.05) is 17.7 Å². The van der Waals surface area contributed by atoms with E-state index in [2.05, 4.69) is 29.9 Å². The van der Waals surface area contributed by atoms with Crippen LogP contribution in [0.4, 0.5) is 49.5 Å². The standard InChI is InChI=1S/C21H13F6N5O5/c1-8-3-9(6-14(35-2)15(8)24)30-19-28-7-12(23)17(31-19)29-10-4-11(22)16-13(5-10)32(20(34)36-16)37-18(33)21(25,26)27/h3-7H,1-2H3,(H2,28,29,30,31). The van der Waals surface area contributed by atoms with E-state index in [4.69, 9.17) is 4.74 Å². The number of alkyl halides is 3. The Labute approximate surface area is 201 Å². The van der Waals surface area contributed by atoms with Gasteiger partial charge in [-0.3, -0.25) is 0 Å². The summed E-state index contributed by atoms with van der Waals surface area (Å²) in [6, 6.07) is 4.28. The van der Waals surface area contributed by atoms with Crippen LogP contribution in [0.1, 0.15) is 5.56 Å². The first-order chi connectivity index (χ1) is 17.4. The molecule has 2 heterocycles. The van der Waals surface area contributed by atoms with Crippen LogP contribution in [0, 0.1) is 24.4 Å². The summed E-state index contributed by atoms with van der Waals surface area (Å²) in [5.41, 5.74) is -1.33. The number of aromatic nitrogens is 3. The van der Waals surface area contributed by atoms with Crippen LogP contribution in [0.25, 0.3) is 11.1 Å². The number of nitrogens with one attached hydrogen (secondary N) is 2. The topological polar surface area (TPSA) is 121 Å². The predicted octanol–water partition coefficient (Wildman–Crippen LogP) is 4.12. The Morgan fingerprint density at radius 2 is 1.76 bits per heavy atom. The third-order valence-corrected chi connectivity index (χ3v) is 4.71. The molecule has 2 N–H and O–H groups in total. The molecule has 0 aliphatic heterocycles. The van der Waals surface area contributed by atoms with Gasteiger partial charge < -0.3 is 24.6 Å². The first-order valence-electron chi connectivity index (χ1n) is 9.92. The van der Waals surface area contributed by atoms with Gasteiger partial charge in [-0.2, -0.15) is 18.2 Å². The van der Waals surface area contributed by atoms with Crippen LogP contribution in [0.3, 0.4) is 0 Å². The third-order valence-electron chi connectivity index (χ3n) is 4.71. The number of carbonyl (C=O) groups excluding carboxylic acids is 1. The third kappa shape index (κ3) is 5.12. The summed E-state index contributed by atoms with van der Waals surface area (Å²) >= 11 is 0. The number of halogens is 6. The van der Waals surface area contributed by atoms with Crippen molar-refractivity contribution in [1.82, 2.24) is 14.7 Å². The number of benzene rings is 2. The highest BCUT2D eigenvalue weighted by Gasteiger charge is 2.42. The number of anilines is 4. The van der Waals surface area contributed by atoms with E-state index in [0.29, 0.717) is 0 Å². The Morgan fingerprint density at radius 1 is 1.05 bits per heavy atom. The van der Waals surface area contributed by atoms with Crippen molar-refractivity contribution in [1.29, 1.82) is 0 Å². The summed E-state index contributed by atoms with van der Waals surface area (Å²) in [5.74, 6) is -8.03. The van der Waals surface area contributed by atoms with Crippen LogP contribution in [-0.4, -0.2) is 34.0 Å². The van der Waals surface area contributed by atoms with Gasteiger partial charge in [0.25, 0.3) is 0 Å². The molecule has 2 aromatic heterocycles. The van der Waals surface area contributed by atoms with Crippen LogP contribution in [0.2, 0.25) is 0 Å². The van der Waals surface area contributed by atoms with Gasteiger partial charge >= 0.3 is 17.9 Å². The Balaban J connectivity index is 1.67. The summed E-state index contributed by atoms with van der Waals surface area (Å²) in [5, 5.41) is 5.10. The number of hydrogen-bond acceptors (Lipinski definition) is 9. The summed E-state index contributed by atoms with van der Waals surface area (Å²) < 4.78 is 89.8. The number of fused-ring (bicyclic) bond motifs is 1. The fourth-order valence-electron chi connectivity index (χ4n) is 3.09. The van der Waals surface area contributed by atoms with Gasteiger partial charge in [0.2, 0.25) is 5.95 Å². The second-order valence-electron chi connectivity index (χ2n) is 7.29. The lowest BCUT2D eigenvalue weighted by Crippen LogP contribution is -2.36. The molecule has 0 amide bonds. The van der Waals surface area contributed by atoms with Crippen molar-refractivity contribution in [2.24, 2.45) is 0 Å². The van der Waals surface area contributed by atoms with E-state index in [1.54, 1.807) is 0 Å². The van der Waals surface area contributed by atoms with Gasteiger partial charge in [0, 0.05) is 23.5 Å². The minimum atomic E-state index is -5.46. The highest BCUT2D eigenvalue weighted by atomic mass is 19.4. The van der Waals surface area contributed by atoms with Crippen molar-refractivity contribution in [3.63, 3.8) is 0 Å². The van der Waals surface area contributed by atoms with E-state index in [1.807, 2.05) is 0 Å². The van der Waals surface area contributed by atoms with Gasteiger partial charge in [0.05, 0.1) is 13.3 Å². The number of rotatable bonds is 6. The van der Waals surface area contributed by atoms with Crippen LogP contribution in [-0.2, 0) is 4.79 Å². The quantitative estimate of drug-likeness (QED) is 0.356. The largest absolute Gasteiger partial charge is 0.494 e. The van der Waals surface area contributed by atoms with Crippen molar-refractivity contribution in [3.05, 3.63) is 64.0 Å². The number of methoxy groups -OCH3 is 1. The van der Waals surface area contributed by atoms with Gasteiger partial charge in [-0.25, -0.2) is 27.7 Å². The Hall–Kier alpha value is -4.76. The normalized spacial score (nSPS) is 11.5. The molecule has 0 bridgehead atoms. The van der Waals surface area contributed by atoms with Gasteiger partial charge in [-0.1, -0.05) is 4.73 Å². The van der Waals surface area contributed by atoms with Gasteiger partial charge in [0.15, 0.2) is 34.6 Å². The maximum atomic E-state index is 14.5. The fourth-order valence-corrected chi connectivity index (χ4v) is 3.09. The Kier molecular flexibility index (Phi) is 6.41. The van der Waals surface area contributed by atoms with Gasteiger partial charge in [-0.15, -0.1) is 0 Å². The minimum Gasteiger partial charge on any atom is -0.494 e. The SMILES string of the molecule is COc1cc(Nc2ncc(F)c(Nc3cc(F)c4oc(=O)n(OC(=O)C(F)(F)F)c4c3)n2)cc(C)c1F. The average Bonchev–Trinajstić information content (AvgIpc) is 3.13. The van der Waals surface area contributed by atoms with Crippen molar-refractivity contribution < 1.29 is 45.1 Å². The van der Waals surface area contributed by atoms with E-state index in [-0.39, 0.29) is 33.4 Å². The molecule has 4 aromatic rings. The van der Waals surface area contributed by atoms with Crippen LogP contribution < -0.4 is 26.0 Å². The van der Waals surface area contributed by atoms with Gasteiger partial charge in [-0.05, 0) is 24.6 Å². The van der Waals surface area contributed by atoms with E-state index >= 15 is 0 Å². The summed E-state index contributed by atoms with van der Waals surface area (Å²) in [6.45, 7) is 1.48. The monoisotopic (exact) mass is 529 g/mol. The van der Waals surface area contributed by atoms with E-state index < -0.39 is 52.3 Å². The molecule has 37 heavy (non-hydrogen) atoms. The lowest BCUT2D eigenvalue weighted by Gasteiger charge is -2.12. The maximum absolute atomic E-state index is 14.5. The number of ether oxygens (including phenoxy) is 1. The second-order valence-corrected chi connectivity index (χ2v) is 7.29. The van der Waals surface area contributed by atoms with E-state index in [1.165, 1.54) is 26.2 Å². The predicted molar refractivity (Wildman–Crippen MR) is 114 cm³/mol. The summed E-state index contributed by atoms with van der Waals surface area (Å²) in [7, 11) is 1.26. The van der Waals surface area contributed by atoms with E-state index in [9.17, 15) is 35.9 Å². The zero-order valence-electron chi connectivity index (χ0n) is 18.5.